The molecule has 0 aliphatic rings. The van der Waals surface area contributed by atoms with E-state index in [0.717, 1.165) is 17.8 Å². The molecule has 0 spiro atoms. The van der Waals surface area contributed by atoms with Crippen molar-refractivity contribution in [1.82, 2.24) is 25.1 Å². The molecule has 0 amide bonds. The molecule has 0 bridgehead atoms. The number of aromatic carboxylic acids is 1. The molecule has 0 saturated carbocycles. The van der Waals surface area contributed by atoms with Crippen LogP contribution in [0, 0.1) is 10.1 Å². The minimum atomic E-state index is -1.50. The van der Waals surface area contributed by atoms with Gasteiger partial charge in [0.25, 0.3) is 5.69 Å². The van der Waals surface area contributed by atoms with Gasteiger partial charge in [-0.2, -0.15) is 0 Å². The Balaban J connectivity index is 0.00000288. The third-order valence-corrected chi connectivity index (χ3v) is 3.95. The van der Waals surface area contributed by atoms with Crippen LogP contribution in [-0.2, 0) is 13.6 Å². The average molecular weight is 344 g/mol. The van der Waals surface area contributed by atoms with Crippen LogP contribution in [0.25, 0.3) is 0 Å². The van der Waals surface area contributed by atoms with Crippen molar-refractivity contribution in [2.75, 3.05) is 14.1 Å². The first kappa shape index (κ1) is 20.1. The molecule has 0 fully saturated rings. The maximum absolute atomic E-state index is 11.3. The van der Waals surface area contributed by atoms with E-state index < -0.39 is 10.9 Å². The summed E-state index contributed by atoms with van der Waals surface area (Å²) in [7, 11) is 5.12. The van der Waals surface area contributed by atoms with Gasteiger partial charge in [-0.05, 0) is 42.4 Å². The van der Waals surface area contributed by atoms with Crippen molar-refractivity contribution in [3.8, 4) is 0 Å². The van der Waals surface area contributed by atoms with E-state index in [2.05, 4.69) is 15.5 Å². The molecule has 0 atom stereocenters. The molecule has 0 unspecified atom stereocenters. The third kappa shape index (κ3) is 4.54. The Bertz CT molecular complexity index is 766. The second-order valence-electron chi connectivity index (χ2n) is 4.95. The quantitative estimate of drug-likeness (QED) is 0.300. The molecular weight excluding hydrogens is 331 g/mol. The van der Waals surface area contributed by atoms with Crippen molar-refractivity contribution in [2.45, 2.75) is 16.6 Å². The monoisotopic (exact) mass is 344 g/mol. The summed E-state index contributed by atoms with van der Waals surface area (Å²) in [5, 5.41) is 33.8. The van der Waals surface area contributed by atoms with Crippen LogP contribution in [0.5, 0.6) is 0 Å². The van der Waals surface area contributed by atoms with Gasteiger partial charge in [0.05, 0.1) is 10.9 Å². The van der Waals surface area contributed by atoms with Gasteiger partial charge in [0.1, 0.15) is 0 Å². The predicted octanol–water partition coefficient (Wildman–Crippen LogP) is -3.30. The van der Waals surface area contributed by atoms with Crippen LogP contribution in [0.3, 0.4) is 0 Å². The van der Waals surface area contributed by atoms with E-state index in [4.69, 9.17) is 0 Å². The van der Waals surface area contributed by atoms with Gasteiger partial charge in [-0.25, -0.2) is 4.68 Å². The van der Waals surface area contributed by atoms with Gasteiger partial charge in [0.2, 0.25) is 5.16 Å². The minimum Gasteiger partial charge on any atom is -0.545 e. The zero-order valence-corrected chi connectivity index (χ0v) is 14.4. The first-order chi connectivity index (χ1) is 10.8. The number of carboxylic acids is 1. The molecule has 24 heavy (non-hydrogen) atoms. The molecule has 1 heterocycles. The summed E-state index contributed by atoms with van der Waals surface area (Å²) in [5.41, 5.74) is -0.145. The van der Waals surface area contributed by atoms with Crippen molar-refractivity contribution >= 4 is 23.4 Å². The molecular formula is C12H13LiN6O4S. The summed E-state index contributed by atoms with van der Waals surface area (Å²) < 4.78 is 1.37. The molecule has 1 aromatic heterocycles. The summed E-state index contributed by atoms with van der Waals surface area (Å²) in [5.74, 6) is -1.50. The number of carboxylic acid groups (broad SMARTS) is 1. The number of carbonyl (C=O) groups excluding carboxylic acids is 1. The number of nitrogens with zero attached hydrogens (tertiary/aromatic N) is 6. The van der Waals surface area contributed by atoms with E-state index in [1.807, 2.05) is 0 Å². The standard InChI is InChI=1S/C12H14N6O4S.Li/c1-16(2)6-7-4-10(23-12-13-14-15-17(12)3)8(11(19)20)5-9(7)18(21)22;/h4-5H,6H2,1-3H3,(H,19,20);/q;+1/p-1. The summed E-state index contributed by atoms with van der Waals surface area (Å²) in [4.78, 5) is 23.9. The SMILES string of the molecule is CN(C)Cc1cc(Sc2nnnn2C)c(C(=O)[O-])cc1[N+](=O)[O-].[Li+]. The fraction of sp³-hybridized carbons (Fsp3) is 0.333. The van der Waals surface area contributed by atoms with Crippen LogP contribution in [0.2, 0.25) is 0 Å². The van der Waals surface area contributed by atoms with Gasteiger partial charge < -0.3 is 14.8 Å². The summed E-state index contributed by atoms with van der Waals surface area (Å²) in [6, 6.07) is 2.48. The smallest absolute Gasteiger partial charge is 0.545 e. The molecule has 0 radical (unpaired) electrons. The Labute approximate surface area is 153 Å². The Morgan fingerprint density at radius 3 is 2.54 bits per heavy atom. The Morgan fingerprint density at radius 2 is 2.08 bits per heavy atom. The number of nitro groups is 1. The van der Waals surface area contributed by atoms with Crippen molar-refractivity contribution in [2.24, 2.45) is 7.05 Å². The first-order valence-electron chi connectivity index (χ1n) is 6.37. The maximum atomic E-state index is 11.3. The Hall–Kier alpha value is -1.93. The first-order valence-corrected chi connectivity index (χ1v) is 7.19. The fourth-order valence-corrected chi connectivity index (χ4v) is 2.79. The number of aryl methyl sites for hydroxylation is 1. The van der Waals surface area contributed by atoms with Crippen molar-refractivity contribution < 1.29 is 33.7 Å². The number of tetrazole rings is 1. The Kier molecular flexibility index (Phi) is 6.91. The van der Waals surface area contributed by atoms with Crippen LogP contribution >= 0.6 is 11.8 Å². The average Bonchev–Trinajstić information content (AvgIpc) is 2.83. The number of benzene rings is 1. The number of rotatable bonds is 6. The molecule has 0 aliphatic heterocycles. The number of carbonyl (C=O) groups is 1. The molecule has 2 rings (SSSR count). The second kappa shape index (κ2) is 8.25. The summed E-state index contributed by atoms with van der Waals surface area (Å²) in [6.07, 6.45) is 0. The molecule has 1 aromatic carbocycles. The number of hydrogen-bond donors (Lipinski definition) is 0. The van der Waals surface area contributed by atoms with Gasteiger partial charge in [0.15, 0.2) is 0 Å². The summed E-state index contributed by atoms with van der Waals surface area (Å²) in [6.45, 7) is 0.286. The van der Waals surface area contributed by atoms with E-state index in [1.54, 1.807) is 26.0 Å². The fourth-order valence-electron chi connectivity index (χ4n) is 1.90. The zero-order valence-electron chi connectivity index (χ0n) is 13.6. The van der Waals surface area contributed by atoms with Crippen molar-refractivity contribution in [3.63, 3.8) is 0 Å². The number of nitro benzene ring substituents is 1. The van der Waals surface area contributed by atoms with Crippen LogP contribution in [0.4, 0.5) is 5.69 Å². The molecule has 12 heteroatoms. The summed E-state index contributed by atoms with van der Waals surface area (Å²) >= 11 is 1.00. The van der Waals surface area contributed by atoms with Crippen molar-refractivity contribution in [3.05, 3.63) is 33.4 Å². The predicted molar refractivity (Wildman–Crippen MR) is 77.7 cm³/mol. The molecule has 0 N–H and O–H groups in total. The van der Waals surface area contributed by atoms with E-state index in [-0.39, 0.29) is 41.6 Å². The van der Waals surface area contributed by atoms with Crippen LogP contribution in [0.1, 0.15) is 15.9 Å². The van der Waals surface area contributed by atoms with E-state index in [9.17, 15) is 20.0 Å². The molecule has 2 aromatic rings. The minimum absolute atomic E-state index is 0. The van der Waals surface area contributed by atoms with Gasteiger partial charge in [-0.15, -0.1) is 5.10 Å². The molecule has 0 aliphatic carbocycles. The van der Waals surface area contributed by atoms with E-state index in [1.165, 1.54) is 10.7 Å². The van der Waals surface area contributed by atoms with Gasteiger partial charge >= 0.3 is 18.9 Å². The number of hydrogen-bond acceptors (Lipinski definition) is 9. The van der Waals surface area contributed by atoms with E-state index >= 15 is 0 Å². The third-order valence-electron chi connectivity index (χ3n) is 2.87. The normalized spacial score (nSPS) is 10.5. The van der Waals surface area contributed by atoms with Gasteiger partial charge in [-0.3, -0.25) is 10.1 Å². The van der Waals surface area contributed by atoms with Gasteiger partial charge in [-0.1, -0.05) is 0 Å². The maximum Gasteiger partial charge on any atom is 1.00 e. The van der Waals surface area contributed by atoms with E-state index in [0.29, 0.717) is 10.7 Å². The Morgan fingerprint density at radius 1 is 1.42 bits per heavy atom. The number of aromatic nitrogens is 4. The topological polar surface area (TPSA) is 130 Å². The van der Waals surface area contributed by atoms with Crippen LogP contribution in [0.15, 0.2) is 22.2 Å². The zero-order chi connectivity index (χ0) is 17.1. The van der Waals surface area contributed by atoms with Crippen molar-refractivity contribution in [1.29, 1.82) is 0 Å². The van der Waals surface area contributed by atoms with Gasteiger partial charge in [0, 0.05) is 35.7 Å². The van der Waals surface area contributed by atoms with Crippen LogP contribution in [-0.4, -0.2) is 50.1 Å². The van der Waals surface area contributed by atoms with Crippen LogP contribution < -0.4 is 24.0 Å². The second-order valence-corrected chi connectivity index (χ2v) is 5.96. The molecule has 0 saturated heterocycles. The molecule has 122 valence electrons. The largest absolute Gasteiger partial charge is 1.00 e. The molecule has 10 nitrogen and oxygen atoms in total.